The van der Waals surface area contributed by atoms with Gasteiger partial charge in [-0.15, -0.1) is 24.0 Å². The number of nitrogens with zero attached hydrogens (tertiary/aromatic N) is 1. The van der Waals surface area contributed by atoms with Crippen molar-refractivity contribution in [3.63, 3.8) is 0 Å². The van der Waals surface area contributed by atoms with Crippen molar-refractivity contribution < 1.29 is 4.79 Å². The molecule has 0 heterocycles. The van der Waals surface area contributed by atoms with Crippen LogP contribution in [0.4, 0.5) is 0 Å². The van der Waals surface area contributed by atoms with Gasteiger partial charge in [-0.25, -0.2) is 0 Å². The summed E-state index contributed by atoms with van der Waals surface area (Å²) in [5, 5.41) is 9.46. The van der Waals surface area contributed by atoms with Crippen molar-refractivity contribution in [3.05, 3.63) is 0 Å². The standard InChI is InChI=1S/C14H28N4O.HI/c1-11(2)10-17-14(15-3)16-9-8-13(19)18-12-6-4-5-7-12;/h11-12H,4-10H2,1-3H3,(H,18,19)(H2,15,16,17);1H. The molecule has 6 heteroatoms. The minimum absolute atomic E-state index is 0. The second kappa shape index (κ2) is 11.2. The van der Waals surface area contributed by atoms with Crippen molar-refractivity contribution >= 4 is 35.8 Å². The lowest BCUT2D eigenvalue weighted by Crippen LogP contribution is -2.41. The van der Waals surface area contributed by atoms with E-state index in [1.54, 1.807) is 7.05 Å². The zero-order chi connectivity index (χ0) is 14.1. The third-order valence-electron chi connectivity index (χ3n) is 3.27. The van der Waals surface area contributed by atoms with E-state index in [0.717, 1.165) is 25.3 Å². The summed E-state index contributed by atoms with van der Waals surface area (Å²) in [5.74, 6) is 1.48. The van der Waals surface area contributed by atoms with Crippen LogP contribution in [0.2, 0.25) is 0 Å². The van der Waals surface area contributed by atoms with Gasteiger partial charge in [-0.1, -0.05) is 26.7 Å². The Kier molecular flexibility index (Phi) is 10.9. The van der Waals surface area contributed by atoms with Gasteiger partial charge in [0.1, 0.15) is 0 Å². The Morgan fingerprint density at radius 1 is 1.25 bits per heavy atom. The molecule has 1 aliphatic carbocycles. The highest BCUT2D eigenvalue weighted by molar-refractivity contribution is 14.0. The van der Waals surface area contributed by atoms with Crippen LogP contribution in [0.3, 0.4) is 0 Å². The molecular weight excluding hydrogens is 367 g/mol. The second-order valence-corrected chi connectivity index (χ2v) is 5.57. The van der Waals surface area contributed by atoms with E-state index in [9.17, 15) is 4.79 Å². The molecule has 0 saturated heterocycles. The molecule has 0 aliphatic heterocycles. The summed E-state index contributed by atoms with van der Waals surface area (Å²) in [6.45, 7) is 5.80. The normalized spacial score (nSPS) is 15.9. The molecule has 0 aromatic carbocycles. The SMILES string of the molecule is CN=C(NCCC(=O)NC1CCCC1)NCC(C)C.I. The minimum Gasteiger partial charge on any atom is -0.356 e. The summed E-state index contributed by atoms with van der Waals surface area (Å²) in [6, 6.07) is 0.408. The fourth-order valence-corrected chi connectivity index (χ4v) is 2.19. The largest absolute Gasteiger partial charge is 0.356 e. The smallest absolute Gasteiger partial charge is 0.221 e. The fourth-order valence-electron chi connectivity index (χ4n) is 2.19. The predicted molar refractivity (Wildman–Crippen MR) is 94.6 cm³/mol. The van der Waals surface area contributed by atoms with Gasteiger partial charge in [0.05, 0.1) is 0 Å². The molecule has 1 saturated carbocycles. The first-order chi connectivity index (χ1) is 9.11. The van der Waals surface area contributed by atoms with Gasteiger partial charge in [0.2, 0.25) is 5.91 Å². The van der Waals surface area contributed by atoms with E-state index in [0.29, 0.717) is 24.9 Å². The highest BCUT2D eigenvalue weighted by Gasteiger charge is 2.16. The quantitative estimate of drug-likeness (QED) is 0.365. The Morgan fingerprint density at radius 3 is 2.45 bits per heavy atom. The van der Waals surface area contributed by atoms with Crippen LogP contribution < -0.4 is 16.0 Å². The molecule has 0 aromatic rings. The number of carbonyl (C=O) groups excluding carboxylic acids is 1. The molecule has 1 fully saturated rings. The molecule has 5 nitrogen and oxygen atoms in total. The number of guanidine groups is 1. The zero-order valence-electron chi connectivity index (χ0n) is 12.9. The Balaban J connectivity index is 0.00000361. The van der Waals surface area contributed by atoms with Crippen molar-refractivity contribution in [2.75, 3.05) is 20.1 Å². The van der Waals surface area contributed by atoms with Gasteiger partial charge in [-0.05, 0) is 18.8 Å². The molecular formula is C14H29IN4O. The minimum atomic E-state index is 0. The lowest BCUT2D eigenvalue weighted by molar-refractivity contribution is -0.121. The van der Waals surface area contributed by atoms with E-state index in [-0.39, 0.29) is 29.9 Å². The third-order valence-corrected chi connectivity index (χ3v) is 3.27. The van der Waals surface area contributed by atoms with Crippen LogP contribution in [-0.2, 0) is 4.79 Å². The van der Waals surface area contributed by atoms with Crippen LogP contribution in [0.1, 0.15) is 46.0 Å². The lowest BCUT2D eigenvalue weighted by Gasteiger charge is -2.14. The van der Waals surface area contributed by atoms with Crippen LogP contribution in [0.5, 0.6) is 0 Å². The number of aliphatic imine (C=N–C) groups is 1. The lowest BCUT2D eigenvalue weighted by atomic mass is 10.2. The summed E-state index contributed by atoms with van der Waals surface area (Å²) >= 11 is 0. The molecule has 20 heavy (non-hydrogen) atoms. The number of halogens is 1. The summed E-state index contributed by atoms with van der Waals surface area (Å²) in [5.41, 5.74) is 0. The highest BCUT2D eigenvalue weighted by Crippen LogP contribution is 2.17. The average molecular weight is 396 g/mol. The summed E-state index contributed by atoms with van der Waals surface area (Å²) in [6.07, 6.45) is 5.26. The van der Waals surface area contributed by atoms with Crippen LogP contribution >= 0.6 is 24.0 Å². The molecule has 0 spiro atoms. The number of rotatable bonds is 6. The summed E-state index contributed by atoms with van der Waals surface area (Å²) < 4.78 is 0. The number of hydrogen-bond donors (Lipinski definition) is 3. The topological polar surface area (TPSA) is 65.5 Å². The molecule has 1 rings (SSSR count). The third kappa shape index (κ3) is 8.60. The van der Waals surface area contributed by atoms with Gasteiger partial charge < -0.3 is 16.0 Å². The second-order valence-electron chi connectivity index (χ2n) is 5.57. The number of carbonyl (C=O) groups is 1. The first kappa shape index (κ1) is 19.5. The fraction of sp³-hybridized carbons (Fsp3) is 0.857. The van der Waals surface area contributed by atoms with Crippen molar-refractivity contribution in [2.24, 2.45) is 10.9 Å². The van der Waals surface area contributed by atoms with E-state index in [1.807, 2.05) is 0 Å². The maximum Gasteiger partial charge on any atom is 0.221 e. The van der Waals surface area contributed by atoms with E-state index in [2.05, 4.69) is 34.8 Å². The molecule has 0 aromatic heterocycles. The van der Waals surface area contributed by atoms with Crippen LogP contribution in [0.15, 0.2) is 4.99 Å². The number of amides is 1. The maximum atomic E-state index is 11.7. The van der Waals surface area contributed by atoms with Crippen molar-refractivity contribution in [1.82, 2.24) is 16.0 Å². The van der Waals surface area contributed by atoms with Gasteiger partial charge in [0.15, 0.2) is 5.96 Å². The number of hydrogen-bond acceptors (Lipinski definition) is 2. The average Bonchev–Trinajstić information content (AvgIpc) is 2.86. The molecule has 0 atom stereocenters. The van der Waals surface area contributed by atoms with Gasteiger partial charge in [-0.2, -0.15) is 0 Å². The van der Waals surface area contributed by atoms with Crippen molar-refractivity contribution in [3.8, 4) is 0 Å². The van der Waals surface area contributed by atoms with Gasteiger partial charge in [-0.3, -0.25) is 9.79 Å². The Morgan fingerprint density at radius 2 is 1.90 bits per heavy atom. The van der Waals surface area contributed by atoms with Crippen LogP contribution in [-0.4, -0.2) is 38.0 Å². The van der Waals surface area contributed by atoms with E-state index in [1.165, 1.54) is 12.8 Å². The van der Waals surface area contributed by atoms with Gasteiger partial charge in [0, 0.05) is 32.6 Å². The van der Waals surface area contributed by atoms with Gasteiger partial charge >= 0.3 is 0 Å². The van der Waals surface area contributed by atoms with E-state index in [4.69, 9.17) is 0 Å². The Labute approximate surface area is 139 Å². The first-order valence-corrected chi connectivity index (χ1v) is 7.35. The van der Waals surface area contributed by atoms with E-state index < -0.39 is 0 Å². The predicted octanol–water partition coefficient (Wildman–Crippen LogP) is 1.87. The molecule has 0 radical (unpaired) electrons. The van der Waals surface area contributed by atoms with Crippen molar-refractivity contribution in [1.29, 1.82) is 0 Å². The van der Waals surface area contributed by atoms with Crippen LogP contribution in [0.25, 0.3) is 0 Å². The zero-order valence-corrected chi connectivity index (χ0v) is 15.2. The molecule has 0 bridgehead atoms. The molecule has 118 valence electrons. The first-order valence-electron chi connectivity index (χ1n) is 7.35. The maximum absolute atomic E-state index is 11.7. The Bertz CT molecular complexity index is 302. The molecule has 0 unspecified atom stereocenters. The van der Waals surface area contributed by atoms with Crippen molar-refractivity contribution in [2.45, 2.75) is 52.0 Å². The molecule has 1 aliphatic rings. The Hall–Kier alpha value is -0.530. The number of nitrogens with one attached hydrogen (secondary N) is 3. The van der Waals surface area contributed by atoms with Crippen LogP contribution in [0, 0.1) is 5.92 Å². The summed E-state index contributed by atoms with van der Waals surface area (Å²) in [4.78, 5) is 15.8. The highest BCUT2D eigenvalue weighted by atomic mass is 127. The molecule has 1 amide bonds. The van der Waals surface area contributed by atoms with Gasteiger partial charge in [0.25, 0.3) is 0 Å². The monoisotopic (exact) mass is 396 g/mol. The molecule has 3 N–H and O–H groups in total. The summed E-state index contributed by atoms with van der Waals surface area (Å²) in [7, 11) is 1.74. The van der Waals surface area contributed by atoms with E-state index >= 15 is 0 Å².